The first-order valence-electron chi connectivity index (χ1n) is 11.6. The van der Waals surface area contributed by atoms with Gasteiger partial charge >= 0.3 is 0 Å². The molecule has 5 rings (SSSR count). The number of amidine groups is 2. The molecular formula is C28H20Cl3N3O3S. The maximum Gasteiger partial charge on any atom is 0.283 e. The number of nitrogens with zero attached hydrogens (tertiary/aromatic N) is 2. The highest BCUT2D eigenvalue weighted by molar-refractivity contribution is 8.17. The number of fused-ring (bicyclic) bond motifs is 1. The Bertz CT molecular complexity index is 1520. The number of nitrogens with one attached hydrogen (secondary N) is 1. The maximum atomic E-state index is 12.9. The molecule has 2 aliphatic rings. The minimum Gasteiger partial charge on any atom is -0.490 e. The van der Waals surface area contributed by atoms with Crippen LogP contribution in [0, 0.1) is 5.41 Å². The number of ether oxygens (including phenoxy) is 2. The molecular weight excluding hydrogens is 565 g/mol. The van der Waals surface area contributed by atoms with Gasteiger partial charge in [0, 0.05) is 21.0 Å². The van der Waals surface area contributed by atoms with Crippen LogP contribution < -0.4 is 9.47 Å². The standard InChI is InChI=1S/C28H20Cl3N3O3S/c1-2-36-24-13-16(12-22(31)25(24)37-14-19-20(29)9-6-10-21(19)30)11-18-26(32)34-23(17-7-4-3-5-8-17)15-38-28(34)33-27(18)35/h3-13,15,32H,2,14H2,1H3/b18-11-,32-26?. The highest BCUT2D eigenvalue weighted by Crippen LogP contribution is 2.40. The van der Waals surface area contributed by atoms with Gasteiger partial charge in [-0.05, 0) is 48.4 Å². The Morgan fingerprint density at radius 1 is 1.00 bits per heavy atom. The van der Waals surface area contributed by atoms with Crippen molar-refractivity contribution in [2.24, 2.45) is 4.99 Å². The van der Waals surface area contributed by atoms with E-state index in [1.165, 1.54) is 11.8 Å². The van der Waals surface area contributed by atoms with Crippen molar-refractivity contribution in [1.82, 2.24) is 4.90 Å². The minimum absolute atomic E-state index is 0.0304. The molecule has 0 aliphatic carbocycles. The Hall–Kier alpha value is -3.23. The van der Waals surface area contributed by atoms with Crippen molar-refractivity contribution in [3.05, 3.63) is 103 Å². The normalized spacial score (nSPS) is 15.9. The molecule has 0 atom stereocenters. The fourth-order valence-corrected chi connectivity index (χ4v) is 5.64. The summed E-state index contributed by atoms with van der Waals surface area (Å²) in [4.78, 5) is 18.8. The van der Waals surface area contributed by atoms with E-state index in [-0.39, 0.29) is 23.0 Å². The molecule has 0 aromatic heterocycles. The summed E-state index contributed by atoms with van der Waals surface area (Å²) in [7, 11) is 0. The smallest absolute Gasteiger partial charge is 0.283 e. The Labute approximate surface area is 239 Å². The lowest BCUT2D eigenvalue weighted by molar-refractivity contribution is -0.114. The molecule has 2 aliphatic heterocycles. The van der Waals surface area contributed by atoms with Gasteiger partial charge in [0.25, 0.3) is 5.91 Å². The number of carbonyl (C=O) groups is 1. The van der Waals surface area contributed by atoms with Crippen LogP contribution in [0.1, 0.15) is 23.6 Å². The van der Waals surface area contributed by atoms with Gasteiger partial charge < -0.3 is 9.47 Å². The highest BCUT2D eigenvalue weighted by Gasteiger charge is 2.36. The first-order valence-corrected chi connectivity index (χ1v) is 13.6. The topological polar surface area (TPSA) is 75.0 Å². The second kappa shape index (κ2) is 11.3. The van der Waals surface area contributed by atoms with Gasteiger partial charge in [-0.15, -0.1) is 0 Å². The zero-order chi connectivity index (χ0) is 26.8. The number of hydrogen-bond acceptors (Lipinski definition) is 5. The van der Waals surface area contributed by atoms with Crippen molar-refractivity contribution in [2.45, 2.75) is 13.5 Å². The van der Waals surface area contributed by atoms with Crippen molar-refractivity contribution in [2.75, 3.05) is 6.61 Å². The van der Waals surface area contributed by atoms with E-state index in [1.54, 1.807) is 41.3 Å². The van der Waals surface area contributed by atoms with E-state index < -0.39 is 5.91 Å². The fourth-order valence-electron chi connectivity index (χ4n) is 3.97. The van der Waals surface area contributed by atoms with Crippen LogP contribution in [0.2, 0.25) is 15.1 Å². The Morgan fingerprint density at radius 3 is 2.45 bits per heavy atom. The maximum absolute atomic E-state index is 12.9. The molecule has 0 bridgehead atoms. The quantitative estimate of drug-likeness (QED) is 0.286. The van der Waals surface area contributed by atoms with E-state index in [2.05, 4.69) is 4.99 Å². The summed E-state index contributed by atoms with van der Waals surface area (Å²) in [5.74, 6) is 0.236. The number of thioether (sulfide) groups is 1. The van der Waals surface area contributed by atoms with Crippen LogP contribution >= 0.6 is 46.6 Å². The predicted molar refractivity (Wildman–Crippen MR) is 155 cm³/mol. The molecule has 192 valence electrons. The summed E-state index contributed by atoms with van der Waals surface area (Å²) in [5.41, 5.74) is 3.03. The molecule has 0 saturated carbocycles. The van der Waals surface area contributed by atoms with E-state index in [1.807, 2.05) is 42.7 Å². The summed E-state index contributed by atoms with van der Waals surface area (Å²) in [6.45, 7) is 2.28. The lowest BCUT2D eigenvalue weighted by Gasteiger charge is -2.27. The second-order valence-electron chi connectivity index (χ2n) is 8.18. The van der Waals surface area contributed by atoms with Crippen LogP contribution in [0.15, 0.2) is 76.6 Å². The van der Waals surface area contributed by atoms with Crippen molar-refractivity contribution in [3.8, 4) is 11.5 Å². The summed E-state index contributed by atoms with van der Waals surface area (Å²) in [5, 5.41) is 12.4. The highest BCUT2D eigenvalue weighted by atomic mass is 35.5. The molecule has 1 N–H and O–H groups in total. The molecule has 10 heteroatoms. The van der Waals surface area contributed by atoms with E-state index >= 15 is 0 Å². The summed E-state index contributed by atoms with van der Waals surface area (Å²) in [6.07, 6.45) is 1.58. The molecule has 0 unspecified atom stereocenters. The third kappa shape index (κ3) is 5.20. The molecule has 3 aromatic carbocycles. The number of carbonyl (C=O) groups excluding carboxylic acids is 1. The zero-order valence-corrected chi connectivity index (χ0v) is 23.1. The Balaban J connectivity index is 1.46. The average Bonchev–Trinajstić information content (AvgIpc) is 3.32. The summed E-state index contributed by atoms with van der Waals surface area (Å²) < 4.78 is 11.8. The second-order valence-corrected chi connectivity index (χ2v) is 10.2. The molecule has 0 spiro atoms. The summed E-state index contributed by atoms with van der Waals surface area (Å²) >= 11 is 20.5. The van der Waals surface area contributed by atoms with Gasteiger partial charge in [0.1, 0.15) is 12.4 Å². The van der Waals surface area contributed by atoms with Crippen LogP contribution in [0.4, 0.5) is 0 Å². The van der Waals surface area contributed by atoms with Gasteiger partial charge in [-0.1, -0.05) is 83.0 Å². The third-order valence-electron chi connectivity index (χ3n) is 5.75. The number of rotatable bonds is 7. The number of hydrogen-bond donors (Lipinski definition) is 1. The van der Waals surface area contributed by atoms with Crippen LogP contribution in [-0.2, 0) is 11.4 Å². The van der Waals surface area contributed by atoms with Crippen LogP contribution in [0.5, 0.6) is 11.5 Å². The lowest BCUT2D eigenvalue weighted by Crippen LogP contribution is -2.38. The average molecular weight is 585 g/mol. The van der Waals surface area contributed by atoms with Gasteiger partial charge in [-0.25, -0.2) is 0 Å². The molecule has 1 amide bonds. The van der Waals surface area contributed by atoms with E-state index in [0.717, 1.165) is 11.3 Å². The number of amides is 1. The largest absolute Gasteiger partial charge is 0.490 e. The van der Waals surface area contributed by atoms with Gasteiger partial charge in [0.15, 0.2) is 16.7 Å². The fraction of sp³-hybridized carbons (Fsp3) is 0.107. The molecule has 6 nitrogen and oxygen atoms in total. The summed E-state index contributed by atoms with van der Waals surface area (Å²) in [6, 6.07) is 18.2. The predicted octanol–water partition coefficient (Wildman–Crippen LogP) is 7.93. The molecule has 0 fully saturated rings. The van der Waals surface area contributed by atoms with Gasteiger partial charge in [-0.2, -0.15) is 4.99 Å². The monoisotopic (exact) mass is 583 g/mol. The third-order valence-corrected chi connectivity index (χ3v) is 7.56. The minimum atomic E-state index is -0.501. The van der Waals surface area contributed by atoms with E-state index in [0.29, 0.717) is 44.4 Å². The first-order chi connectivity index (χ1) is 18.4. The molecule has 0 radical (unpaired) electrons. The zero-order valence-electron chi connectivity index (χ0n) is 20.0. The van der Waals surface area contributed by atoms with Crippen LogP contribution in [0.3, 0.4) is 0 Å². The molecule has 0 saturated heterocycles. The van der Waals surface area contributed by atoms with Crippen molar-refractivity contribution < 1.29 is 14.3 Å². The van der Waals surface area contributed by atoms with Gasteiger partial charge in [-0.3, -0.25) is 15.1 Å². The lowest BCUT2D eigenvalue weighted by atomic mass is 10.1. The Morgan fingerprint density at radius 2 is 1.74 bits per heavy atom. The SMILES string of the molecule is CCOc1cc(/C=C2/C(=N)N3C(c4ccccc4)=CSC3=NC2=O)cc(Cl)c1OCc1c(Cl)cccc1Cl. The van der Waals surface area contributed by atoms with Crippen molar-refractivity contribution in [1.29, 1.82) is 5.41 Å². The number of aliphatic imine (C=N–C) groups is 1. The van der Waals surface area contributed by atoms with Crippen molar-refractivity contribution in [3.63, 3.8) is 0 Å². The number of benzene rings is 3. The van der Waals surface area contributed by atoms with Gasteiger partial charge in [0.2, 0.25) is 0 Å². The first kappa shape index (κ1) is 26.4. The van der Waals surface area contributed by atoms with E-state index in [4.69, 9.17) is 49.7 Å². The Kier molecular flexibility index (Phi) is 7.81. The van der Waals surface area contributed by atoms with E-state index in [9.17, 15) is 4.79 Å². The van der Waals surface area contributed by atoms with Gasteiger partial charge in [0.05, 0.1) is 22.9 Å². The molecule has 38 heavy (non-hydrogen) atoms. The molecule has 2 heterocycles. The van der Waals surface area contributed by atoms with Crippen LogP contribution in [0.25, 0.3) is 11.8 Å². The van der Waals surface area contributed by atoms with Crippen LogP contribution in [-0.4, -0.2) is 28.4 Å². The molecule has 3 aromatic rings. The number of halogens is 3. The van der Waals surface area contributed by atoms with Crippen molar-refractivity contribution >= 4 is 75.2 Å².